The van der Waals surface area contributed by atoms with E-state index in [1.807, 2.05) is 30.3 Å². The van der Waals surface area contributed by atoms with Crippen molar-refractivity contribution in [2.24, 2.45) is 0 Å². The highest BCUT2D eigenvalue weighted by Crippen LogP contribution is 2.28. The number of aromatic nitrogens is 1. The Bertz CT molecular complexity index is 1110. The van der Waals surface area contributed by atoms with Crippen LogP contribution in [0.25, 0.3) is 22.6 Å². The average molecular weight is 384 g/mol. The van der Waals surface area contributed by atoms with Crippen molar-refractivity contribution in [1.82, 2.24) is 4.98 Å². The third kappa shape index (κ3) is 3.29. The van der Waals surface area contributed by atoms with E-state index in [0.717, 1.165) is 5.56 Å². The summed E-state index contributed by atoms with van der Waals surface area (Å²) >= 11 is 11.8. The van der Waals surface area contributed by atoms with Crippen LogP contribution in [0.15, 0.2) is 71.1 Å². The smallest absolute Gasteiger partial charge is 0.343 e. The minimum atomic E-state index is -0.536. The van der Waals surface area contributed by atoms with E-state index in [1.54, 1.807) is 30.3 Å². The van der Waals surface area contributed by atoms with Crippen molar-refractivity contribution in [2.45, 2.75) is 0 Å². The van der Waals surface area contributed by atoms with Gasteiger partial charge in [-0.25, -0.2) is 9.78 Å². The zero-order valence-electron chi connectivity index (χ0n) is 13.3. The topological polar surface area (TPSA) is 52.3 Å². The van der Waals surface area contributed by atoms with Crippen LogP contribution in [-0.2, 0) is 0 Å². The van der Waals surface area contributed by atoms with Gasteiger partial charge in [-0.3, -0.25) is 0 Å². The number of nitrogens with zero attached hydrogens (tertiary/aromatic N) is 1. The number of fused-ring (bicyclic) bond motifs is 1. The Kier molecular flexibility index (Phi) is 4.37. The van der Waals surface area contributed by atoms with Crippen molar-refractivity contribution in [3.63, 3.8) is 0 Å². The number of hydrogen-bond acceptors (Lipinski definition) is 4. The summed E-state index contributed by atoms with van der Waals surface area (Å²) in [6.45, 7) is 0. The molecule has 0 saturated carbocycles. The van der Waals surface area contributed by atoms with Crippen molar-refractivity contribution >= 4 is 40.3 Å². The molecule has 0 saturated heterocycles. The highest BCUT2D eigenvalue weighted by atomic mass is 35.5. The lowest BCUT2D eigenvalue weighted by Crippen LogP contribution is -2.08. The van der Waals surface area contributed by atoms with Crippen LogP contribution in [-0.4, -0.2) is 11.0 Å². The molecule has 4 nitrogen and oxygen atoms in total. The average Bonchev–Trinajstić information content (AvgIpc) is 3.08. The second kappa shape index (κ2) is 6.83. The van der Waals surface area contributed by atoms with Gasteiger partial charge in [0, 0.05) is 11.6 Å². The van der Waals surface area contributed by atoms with E-state index in [2.05, 4.69) is 4.98 Å². The molecular weight excluding hydrogens is 373 g/mol. The van der Waals surface area contributed by atoms with Crippen LogP contribution in [0.4, 0.5) is 0 Å². The number of hydrogen-bond donors (Lipinski definition) is 0. The Hall–Kier alpha value is -2.82. The van der Waals surface area contributed by atoms with E-state index in [1.165, 1.54) is 6.07 Å². The molecule has 4 aromatic rings. The number of esters is 1. The molecule has 0 aliphatic heterocycles. The Morgan fingerprint density at radius 1 is 0.923 bits per heavy atom. The molecule has 0 aliphatic carbocycles. The first-order valence-electron chi connectivity index (χ1n) is 7.73. The summed E-state index contributed by atoms with van der Waals surface area (Å²) in [7, 11) is 0. The van der Waals surface area contributed by atoms with Crippen molar-refractivity contribution in [3.8, 4) is 17.2 Å². The van der Waals surface area contributed by atoms with Crippen molar-refractivity contribution in [2.75, 3.05) is 0 Å². The first-order chi connectivity index (χ1) is 12.6. The van der Waals surface area contributed by atoms with E-state index >= 15 is 0 Å². The van der Waals surface area contributed by atoms with Crippen LogP contribution in [0.2, 0.25) is 10.0 Å². The standard InChI is InChI=1S/C20H11Cl2NO3/c21-15-8-6-13(10-16(15)22)20(24)25-14-7-9-17-18(11-14)26-19(23-17)12-4-2-1-3-5-12/h1-11H. The van der Waals surface area contributed by atoms with Crippen molar-refractivity contribution < 1.29 is 13.9 Å². The number of halogens is 2. The van der Waals surface area contributed by atoms with Gasteiger partial charge in [0.25, 0.3) is 0 Å². The summed E-state index contributed by atoms with van der Waals surface area (Å²) in [5, 5.41) is 0.666. The molecule has 1 heterocycles. The van der Waals surface area contributed by atoms with E-state index in [9.17, 15) is 4.79 Å². The molecule has 6 heteroatoms. The quantitative estimate of drug-likeness (QED) is 0.320. The number of rotatable bonds is 3. The summed E-state index contributed by atoms with van der Waals surface area (Å²) in [4.78, 5) is 16.7. The lowest BCUT2D eigenvalue weighted by Gasteiger charge is -2.05. The predicted molar refractivity (Wildman–Crippen MR) is 101 cm³/mol. The summed E-state index contributed by atoms with van der Waals surface area (Å²) in [6, 6.07) is 19.2. The molecule has 0 bridgehead atoms. The molecule has 0 radical (unpaired) electrons. The third-order valence-corrected chi connectivity index (χ3v) is 4.49. The molecule has 26 heavy (non-hydrogen) atoms. The van der Waals surface area contributed by atoms with Gasteiger partial charge >= 0.3 is 5.97 Å². The molecule has 0 atom stereocenters. The number of ether oxygens (including phenoxy) is 1. The summed E-state index contributed by atoms with van der Waals surface area (Å²) in [6.07, 6.45) is 0. The van der Waals surface area contributed by atoms with Crippen LogP contribution in [0.3, 0.4) is 0 Å². The lowest BCUT2D eigenvalue weighted by atomic mass is 10.2. The first kappa shape index (κ1) is 16.6. The maximum atomic E-state index is 12.3. The van der Waals surface area contributed by atoms with E-state index in [-0.39, 0.29) is 0 Å². The molecule has 0 amide bonds. The van der Waals surface area contributed by atoms with E-state index in [0.29, 0.717) is 38.3 Å². The Balaban J connectivity index is 1.61. The zero-order valence-corrected chi connectivity index (χ0v) is 14.8. The molecule has 3 aromatic carbocycles. The fraction of sp³-hybridized carbons (Fsp3) is 0. The second-order valence-electron chi connectivity index (χ2n) is 5.53. The maximum absolute atomic E-state index is 12.3. The zero-order chi connectivity index (χ0) is 18.1. The molecule has 0 N–H and O–H groups in total. The third-order valence-electron chi connectivity index (χ3n) is 3.75. The monoisotopic (exact) mass is 383 g/mol. The number of oxazole rings is 1. The van der Waals surface area contributed by atoms with E-state index in [4.69, 9.17) is 32.4 Å². The summed E-state index contributed by atoms with van der Waals surface area (Å²) < 4.78 is 11.2. The fourth-order valence-corrected chi connectivity index (χ4v) is 2.76. The minimum Gasteiger partial charge on any atom is -0.436 e. The van der Waals surface area contributed by atoms with Crippen molar-refractivity contribution in [1.29, 1.82) is 0 Å². The summed E-state index contributed by atoms with van der Waals surface area (Å²) in [5.74, 6) is 0.323. The van der Waals surface area contributed by atoms with Gasteiger partial charge in [0.15, 0.2) is 5.58 Å². The van der Waals surface area contributed by atoms with Crippen LogP contribution >= 0.6 is 23.2 Å². The highest BCUT2D eigenvalue weighted by Gasteiger charge is 2.13. The minimum absolute atomic E-state index is 0.291. The highest BCUT2D eigenvalue weighted by molar-refractivity contribution is 6.42. The fourth-order valence-electron chi connectivity index (χ4n) is 2.46. The van der Waals surface area contributed by atoms with Crippen molar-refractivity contribution in [3.05, 3.63) is 82.3 Å². The second-order valence-corrected chi connectivity index (χ2v) is 6.35. The largest absolute Gasteiger partial charge is 0.436 e. The van der Waals surface area contributed by atoms with Gasteiger partial charge in [-0.15, -0.1) is 0 Å². The van der Waals surface area contributed by atoms with Crippen LogP contribution in [0, 0.1) is 0 Å². The molecule has 0 unspecified atom stereocenters. The molecular formula is C20H11Cl2NO3. The maximum Gasteiger partial charge on any atom is 0.343 e. The van der Waals surface area contributed by atoms with Gasteiger partial charge in [-0.1, -0.05) is 41.4 Å². The molecule has 4 rings (SSSR count). The van der Waals surface area contributed by atoms with E-state index < -0.39 is 5.97 Å². The van der Waals surface area contributed by atoms with Crippen LogP contribution in [0.1, 0.15) is 10.4 Å². The van der Waals surface area contributed by atoms with Gasteiger partial charge in [0.05, 0.1) is 15.6 Å². The normalized spacial score (nSPS) is 10.8. The number of carbonyl (C=O) groups excluding carboxylic acids is 1. The lowest BCUT2D eigenvalue weighted by molar-refractivity contribution is 0.0735. The Labute approximate surface area is 158 Å². The van der Waals surface area contributed by atoms with Gasteiger partial charge in [-0.05, 0) is 42.5 Å². The Morgan fingerprint density at radius 2 is 1.73 bits per heavy atom. The molecule has 0 fully saturated rings. The SMILES string of the molecule is O=C(Oc1ccc2nc(-c3ccccc3)oc2c1)c1ccc(Cl)c(Cl)c1. The van der Waals surface area contributed by atoms with Crippen LogP contribution in [0.5, 0.6) is 5.75 Å². The molecule has 0 spiro atoms. The Morgan fingerprint density at radius 3 is 2.50 bits per heavy atom. The predicted octanol–water partition coefficient (Wildman–Crippen LogP) is 6.02. The number of benzene rings is 3. The van der Waals surface area contributed by atoms with Crippen LogP contribution < -0.4 is 4.74 Å². The van der Waals surface area contributed by atoms with Gasteiger partial charge in [0.2, 0.25) is 5.89 Å². The molecule has 0 aliphatic rings. The first-order valence-corrected chi connectivity index (χ1v) is 8.49. The molecule has 128 valence electrons. The van der Waals surface area contributed by atoms with Gasteiger partial charge < -0.3 is 9.15 Å². The van der Waals surface area contributed by atoms with Gasteiger partial charge in [-0.2, -0.15) is 0 Å². The number of carbonyl (C=O) groups is 1. The molecule has 1 aromatic heterocycles. The van der Waals surface area contributed by atoms with Gasteiger partial charge in [0.1, 0.15) is 11.3 Å². The summed E-state index contributed by atoms with van der Waals surface area (Å²) in [5.41, 5.74) is 2.39.